The van der Waals surface area contributed by atoms with Gasteiger partial charge in [0.25, 0.3) is 0 Å². The van der Waals surface area contributed by atoms with Crippen molar-refractivity contribution in [2.75, 3.05) is 7.11 Å². The third kappa shape index (κ3) is 3.29. The molecule has 1 N–H and O–H groups in total. The fourth-order valence-electron chi connectivity index (χ4n) is 1.86. The largest absolute Gasteiger partial charge is 0.497 e. The highest BCUT2D eigenvalue weighted by Gasteiger charge is 2.06. The predicted octanol–water partition coefficient (Wildman–Crippen LogP) is 3.39. The van der Waals surface area contributed by atoms with E-state index in [9.17, 15) is 0 Å². The summed E-state index contributed by atoms with van der Waals surface area (Å²) in [6.07, 6.45) is 1.34. The van der Waals surface area contributed by atoms with Crippen molar-refractivity contribution >= 4 is 6.21 Å². The smallest absolute Gasteiger partial charge is 0.132 e. The molecule has 0 amide bonds. The molecule has 0 heterocycles. The number of hydrogen-bond acceptors (Lipinski definition) is 4. The van der Waals surface area contributed by atoms with Crippen molar-refractivity contribution in [2.45, 2.75) is 13.5 Å². The molecule has 20 heavy (non-hydrogen) atoms. The van der Waals surface area contributed by atoms with Crippen LogP contribution in [0.15, 0.2) is 47.6 Å². The van der Waals surface area contributed by atoms with Crippen molar-refractivity contribution in [3.05, 3.63) is 59.2 Å². The van der Waals surface area contributed by atoms with E-state index < -0.39 is 0 Å². The van der Waals surface area contributed by atoms with Crippen LogP contribution in [-0.4, -0.2) is 18.5 Å². The van der Waals surface area contributed by atoms with E-state index in [2.05, 4.69) is 5.16 Å². The first-order valence-corrected chi connectivity index (χ1v) is 6.27. The van der Waals surface area contributed by atoms with Crippen LogP contribution in [0.4, 0.5) is 0 Å². The van der Waals surface area contributed by atoms with Crippen LogP contribution in [0.25, 0.3) is 0 Å². The average Bonchev–Trinajstić information content (AvgIpc) is 2.48. The molecule has 2 aromatic rings. The Bertz CT molecular complexity index is 608. The maximum Gasteiger partial charge on any atom is 0.132 e. The Labute approximate surface area is 118 Å². The quantitative estimate of drug-likeness (QED) is 0.515. The maximum absolute atomic E-state index is 8.68. The Morgan fingerprint density at radius 1 is 1.20 bits per heavy atom. The van der Waals surface area contributed by atoms with Crippen LogP contribution in [0, 0.1) is 6.92 Å². The first kappa shape index (κ1) is 13.9. The van der Waals surface area contributed by atoms with Crippen molar-refractivity contribution in [3.63, 3.8) is 0 Å². The fourth-order valence-corrected chi connectivity index (χ4v) is 1.86. The fraction of sp³-hybridized carbons (Fsp3) is 0.188. The van der Waals surface area contributed by atoms with Gasteiger partial charge in [-0.1, -0.05) is 29.4 Å². The number of methoxy groups -OCH3 is 1. The Morgan fingerprint density at radius 3 is 2.70 bits per heavy atom. The lowest BCUT2D eigenvalue weighted by Gasteiger charge is -2.12. The molecular weight excluding hydrogens is 254 g/mol. The SMILES string of the molecule is COc1ccc(C=NO)c(OCc2ccccc2C)c1. The lowest BCUT2D eigenvalue weighted by molar-refractivity contribution is 0.301. The van der Waals surface area contributed by atoms with Gasteiger partial charge in [-0.15, -0.1) is 0 Å². The summed E-state index contributed by atoms with van der Waals surface area (Å²) >= 11 is 0. The average molecular weight is 271 g/mol. The second-order valence-electron chi connectivity index (χ2n) is 4.36. The molecule has 0 atom stereocenters. The van der Waals surface area contributed by atoms with Gasteiger partial charge in [-0.3, -0.25) is 0 Å². The van der Waals surface area contributed by atoms with E-state index in [0.29, 0.717) is 23.7 Å². The molecule has 0 aliphatic carbocycles. The van der Waals surface area contributed by atoms with Crippen molar-refractivity contribution in [3.8, 4) is 11.5 Å². The highest BCUT2D eigenvalue weighted by atomic mass is 16.5. The van der Waals surface area contributed by atoms with Gasteiger partial charge in [0.15, 0.2) is 0 Å². The van der Waals surface area contributed by atoms with Gasteiger partial charge in [-0.2, -0.15) is 0 Å². The molecular formula is C16H17NO3. The zero-order valence-electron chi connectivity index (χ0n) is 11.5. The number of benzene rings is 2. The molecule has 0 saturated carbocycles. The van der Waals surface area contributed by atoms with Crippen LogP contribution in [0.5, 0.6) is 11.5 Å². The Hall–Kier alpha value is -2.49. The molecule has 0 unspecified atom stereocenters. The summed E-state index contributed by atoms with van der Waals surface area (Å²) in [5.41, 5.74) is 2.98. The molecule has 0 fully saturated rings. The van der Waals surface area contributed by atoms with E-state index >= 15 is 0 Å². The Kier molecular flexibility index (Phi) is 4.60. The molecule has 0 bridgehead atoms. The summed E-state index contributed by atoms with van der Waals surface area (Å²) in [6.45, 7) is 2.49. The van der Waals surface area contributed by atoms with E-state index in [4.69, 9.17) is 14.7 Å². The van der Waals surface area contributed by atoms with Crippen molar-refractivity contribution < 1.29 is 14.7 Å². The van der Waals surface area contributed by atoms with Crippen LogP contribution < -0.4 is 9.47 Å². The van der Waals surface area contributed by atoms with Gasteiger partial charge < -0.3 is 14.7 Å². The molecule has 0 aliphatic heterocycles. The van der Waals surface area contributed by atoms with Crippen LogP contribution in [0.1, 0.15) is 16.7 Å². The minimum atomic E-state index is 0.451. The topological polar surface area (TPSA) is 51.0 Å². The molecule has 2 aromatic carbocycles. The van der Waals surface area contributed by atoms with Gasteiger partial charge in [-0.05, 0) is 30.2 Å². The summed E-state index contributed by atoms with van der Waals surface area (Å²) in [6, 6.07) is 13.4. The molecule has 104 valence electrons. The van der Waals surface area contributed by atoms with Crippen molar-refractivity contribution in [1.29, 1.82) is 0 Å². The predicted molar refractivity (Wildman–Crippen MR) is 77.9 cm³/mol. The third-order valence-electron chi connectivity index (χ3n) is 3.06. The van der Waals surface area contributed by atoms with Crippen LogP contribution in [0.3, 0.4) is 0 Å². The minimum absolute atomic E-state index is 0.451. The molecule has 0 radical (unpaired) electrons. The van der Waals surface area contributed by atoms with E-state index in [1.807, 2.05) is 31.2 Å². The van der Waals surface area contributed by atoms with E-state index in [0.717, 1.165) is 5.56 Å². The van der Waals surface area contributed by atoms with Gasteiger partial charge in [0.1, 0.15) is 18.1 Å². The molecule has 4 heteroatoms. The zero-order chi connectivity index (χ0) is 14.4. The minimum Gasteiger partial charge on any atom is -0.497 e. The zero-order valence-corrected chi connectivity index (χ0v) is 11.5. The molecule has 2 rings (SSSR count). The van der Waals surface area contributed by atoms with Crippen molar-refractivity contribution in [2.24, 2.45) is 5.16 Å². The first-order chi connectivity index (χ1) is 9.74. The summed E-state index contributed by atoms with van der Waals surface area (Å²) in [5, 5.41) is 11.7. The summed E-state index contributed by atoms with van der Waals surface area (Å²) in [4.78, 5) is 0. The lowest BCUT2D eigenvalue weighted by Crippen LogP contribution is -2.00. The summed E-state index contributed by atoms with van der Waals surface area (Å²) in [5.74, 6) is 1.31. The van der Waals surface area contributed by atoms with E-state index in [1.54, 1.807) is 25.3 Å². The van der Waals surface area contributed by atoms with Gasteiger partial charge in [-0.25, -0.2) is 0 Å². The number of oxime groups is 1. The lowest BCUT2D eigenvalue weighted by atomic mass is 10.1. The standard InChI is InChI=1S/C16H17NO3/c1-12-5-3-4-6-14(12)11-20-16-9-15(19-2)8-7-13(16)10-17-18/h3-10,18H,11H2,1-2H3. The summed E-state index contributed by atoms with van der Waals surface area (Å²) < 4.78 is 11.0. The van der Waals surface area contributed by atoms with Crippen LogP contribution >= 0.6 is 0 Å². The highest BCUT2D eigenvalue weighted by Crippen LogP contribution is 2.25. The monoisotopic (exact) mass is 271 g/mol. The van der Waals surface area contributed by atoms with Gasteiger partial charge in [0.05, 0.1) is 13.3 Å². The van der Waals surface area contributed by atoms with Crippen LogP contribution in [-0.2, 0) is 6.61 Å². The second-order valence-corrected chi connectivity index (χ2v) is 4.36. The molecule has 0 spiro atoms. The molecule has 0 saturated heterocycles. The van der Waals surface area contributed by atoms with Gasteiger partial charge in [0.2, 0.25) is 0 Å². The second kappa shape index (κ2) is 6.61. The van der Waals surface area contributed by atoms with E-state index in [-0.39, 0.29) is 0 Å². The van der Waals surface area contributed by atoms with Crippen molar-refractivity contribution in [1.82, 2.24) is 0 Å². The third-order valence-corrected chi connectivity index (χ3v) is 3.06. The number of hydrogen-bond donors (Lipinski definition) is 1. The number of rotatable bonds is 5. The number of ether oxygens (including phenoxy) is 2. The Balaban J connectivity index is 2.21. The van der Waals surface area contributed by atoms with Gasteiger partial charge in [0, 0.05) is 11.6 Å². The van der Waals surface area contributed by atoms with Crippen LogP contribution in [0.2, 0.25) is 0 Å². The normalized spacial score (nSPS) is 10.7. The van der Waals surface area contributed by atoms with E-state index in [1.165, 1.54) is 11.8 Å². The molecule has 0 aliphatic rings. The molecule has 0 aromatic heterocycles. The Morgan fingerprint density at radius 2 is 2.00 bits per heavy atom. The first-order valence-electron chi connectivity index (χ1n) is 6.27. The van der Waals surface area contributed by atoms with Gasteiger partial charge >= 0.3 is 0 Å². The maximum atomic E-state index is 8.68. The number of aryl methyl sites for hydroxylation is 1. The molecule has 4 nitrogen and oxygen atoms in total. The number of nitrogens with zero attached hydrogens (tertiary/aromatic N) is 1. The highest BCUT2D eigenvalue weighted by molar-refractivity contribution is 5.83. The summed E-state index contributed by atoms with van der Waals surface area (Å²) in [7, 11) is 1.60.